The molecule has 2 aromatic carbocycles. The molecule has 0 spiro atoms. The molecule has 1 aliphatic heterocycles. The summed E-state index contributed by atoms with van der Waals surface area (Å²) < 4.78 is 10.5. The zero-order valence-corrected chi connectivity index (χ0v) is 18.6. The number of ketones is 1. The highest BCUT2D eigenvalue weighted by molar-refractivity contribution is 7.14. The van der Waals surface area contributed by atoms with Crippen molar-refractivity contribution in [2.75, 3.05) is 25.2 Å². The minimum atomic E-state index is -0.627. The van der Waals surface area contributed by atoms with Gasteiger partial charge in [-0.25, -0.2) is 4.98 Å². The SMILES string of the molecule is COc1cccc(-c2csc(N3CC(C(=O)OCC(=O)c4ccc(C)cc4)CC3=O)n2)c1. The fourth-order valence-electron chi connectivity index (χ4n) is 3.43. The van der Waals surface area contributed by atoms with Crippen molar-refractivity contribution in [2.45, 2.75) is 13.3 Å². The van der Waals surface area contributed by atoms with Crippen molar-refractivity contribution in [1.82, 2.24) is 4.98 Å². The molecule has 3 aromatic rings. The van der Waals surface area contributed by atoms with Crippen LogP contribution in [0.4, 0.5) is 5.13 Å². The van der Waals surface area contributed by atoms with Crippen molar-refractivity contribution < 1.29 is 23.9 Å². The minimum absolute atomic E-state index is 0.0334. The molecule has 0 saturated carbocycles. The molecule has 0 bridgehead atoms. The van der Waals surface area contributed by atoms with Crippen LogP contribution in [0.5, 0.6) is 5.75 Å². The van der Waals surface area contributed by atoms with E-state index in [-0.39, 0.29) is 31.3 Å². The lowest BCUT2D eigenvalue weighted by atomic mass is 10.1. The van der Waals surface area contributed by atoms with Gasteiger partial charge in [0, 0.05) is 29.5 Å². The highest BCUT2D eigenvalue weighted by atomic mass is 32.1. The number of rotatable bonds is 7. The van der Waals surface area contributed by atoms with Gasteiger partial charge in [0.25, 0.3) is 0 Å². The molecule has 32 heavy (non-hydrogen) atoms. The number of carbonyl (C=O) groups is 3. The Morgan fingerprint density at radius 3 is 2.72 bits per heavy atom. The molecule has 164 valence electrons. The zero-order valence-electron chi connectivity index (χ0n) is 17.7. The van der Waals surface area contributed by atoms with Crippen LogP contribution in [-0.2, 0) is 14.3 Å². The quantitative estimate of drug-likeness (QED) is 0.401. The van der Waals surface area contributed by atoms with Gasteiger partial charge in [-0.15, -0.1) is 11.3 Å². The average Bonchev–Trinajstić information content (AvgIpc) is 3.44. The number of thiazole rings is 1. The van der Waals surface area contributed by atoms with Gasteiger partial charge in [0.15, 0.2) is 17.5 Å². The second kappa shape index (κ2) is 9.32. The number of hydrogen-bond donors (Lipinski definition) is 0. The minimum Gasteiger partial charge on any atom is -0.497 e. The number of aryl methyl sites for hydroxylation is 1. The van der Waals surface area contributed by atoms with E-state index in [9.17, 15) is 14.4 Å². The molecule has 0 radical (unpaired) electrons. The van der Waals surface area contributed by atoms with Crippen molar-refractivity contribution in [1.29, 1.82) is 0 Å². The van der Waals surface area contributed by atoms with E-state index in [1.807, 2.05) is 48.7 Å². The molecular formula is C24H22N2O5S. The Hall–Kier alpha value is -3.52. The van der Waals surface area contributed by atoms with Gasteiger partial charge in [-0.3, -0.25) is 19.3 Å². The van der Waals surface area contributed by atoms with Gasteiger partial charge in [0.1, 0.15) is 5.75 Å². The van der Waals surface area contributed by atoms with Crippen molar-refractivity contribution >= 4 is 34.1 Å². The summed E-state index contributed by atoms with van der Waals surface area (Å²) in [6.07, 6.45) is 0.0334. The van der Waals surface area contributed by atoms with E-state index < -0.39 is 11.9 Å². The lowest BCUT2D eigenvalue weighted by molar-refractivity contribution is -0.147. The summed E-state index contributed by atoms with van der Waals surface area (Å²) >= 11 is 1.34. The molecule has 7 nitrogen and oxygen atoms in total. The van der Waals surface area contributed by atoms with E-state index >= 15 is 0 Å². The van der Waals surface area contributed by atoms with Crippen LogP contribution in [0.1, 0.15) is 22.3 Å². The van der Waals surface area contributed by atoms with Crippen LogP contribution in [0.25, 0.3) is 11.3 Å². The lowest BCUT2D eigenvalue weighted by Crippen LogP contribution is -2.27. The third-order valence-electron chi connectivity index (χ3n) is 5.27. The monoisotopic (exact) mass is 450 g/mol. The summed E-state index contributed by atoms with van der Waals surface area (Å²) in [5.41, 5.74) is 3.13. The second-order valence-corrected chi connectivity index (χ2v) is 8.39. The summed E-state index contributed by atoms with van der Waals surface area (Å²) in [7, 11) is 1.60. The predicted octanol–water partition coefficient (Wildman–Crippen LogP) is 3.91. The molecule has 1 fully saturated rings. The van der Waals surface area contributed by atoms with Crippen LogP contribution in [0, 0.1) is 12.8 Å². The van der Waals surface area contributed by atoms with Crippen LogP contribution in [0.2, 0.25) is 0 Å². The molecular weight excluding hydrogens is 428 g/mol. The van der Waals surface area contributed by atoms with E-state index in [1.165, 1.54) is 16.2 Å². The van der Waals surface area contributed by atoms with Crippen molar-refractivity contribution in [3.8, 4) is 17.0 Å². The molecule has 2 heterocycles. The van der Waals surface area contributed by atoms with E-state index in [1.54, 1.807) is 19.2 Å². The molecule has 1 saturated heterocycles. The predicted molar refractivity (Wildman–Crippen MR) is 121 cm³/mol. The molecule has 1 aromatic heterocycles. The molecule has 1 amide bonds. The van der Waals surface area contributed by atoms with E-state index in [0.29, 0.717) is 10.7 Å². The Bertz CT molecular complexity index is 1160. The lowest BCUT2D eigenvalue weighted by Gasteiger charge is -2.13. The molecule has 1 unspecified atom stereocenters. The molecule has 8 heteroatoms. The molecule has 1 atom stereocenters. The molecule has 0 N–H and O–H groups in total. The highest BCUT2D eigenvalue weighted by Crippen LogP contribution is 2.33. The topological polar surface area (TPSA) is 85.8 Å². The second-order valence-electron chi connectivity index (χ2n) is 7.55. The Labute approximate surface area is 189 Å². The largest absolute Gasteiger partial charge is 0.497 e. The van der Waals surface area contributed by atoms with E-state index in [0.717, 1.165) is 22.6 Å². The summed E-state index contributed by atoms with van der Waals surface area (Å²) in [4.78, 5) is 43.3. The number of methoxy groups -OCH3 is 1. The van der Waals surface area contributed by atoms with Gasteiger partial charge >= 0.3 is 5.97 Å². The number of ether oxygens (including phenoxy) is 2. The first kappa shape index (κ1) is 21.7. The van der Waals surface area contributed by atoms with Crippen molar-refractivity contribution in [2.24, 2.45) is 5.92 Å². The Morgan fingerprint density at radius 1 is 1.19 bits per heavy atom. The number of esters is 1. The van der Waals surface area contributed by atoms with E-state index in [2.05, 4.69) is 4.98 Å². The van der Waals surface area contributed by atoms with Crippen molar-refractivity contribution in [3.05, 3.63) is 65.0 Å². The maximum Gasteiger partial charge on any atom is 0.311 e. The van der Waals surface area contributed by atoms with Crippen LogP contribution < -0.4 is 9.64 Å². The van der Waals surface area contributed by atoms with Crippen molar-refractivity contribution in [3.63, 3.8) is 0 Å². The number of amides is 1. The van der Waals surface area contributed by atoms with Crippen LogP contribution in [0.15, 0.2) is 53.9 Å². The zero-order chi connectivity index (χ0) is 22.7. The Morgan fingerprint density at radius 2 is 1.97 bits per heavy atom. The summed E-state index contributed by atoms with van der Waals surface area (Å²) in [6, 6.07) is 14.6. The first-order chi connectivity index (χ1) is 15.4. The molecule has 0 aliphatic carbocycles. The fraction of sp³-hybridized carbons (Fsp3) is 0.250. The number of hydrogen-bond acceptors (Lipinski definition) is 7. The van der Waals surface area contributed by atoms with Gasteiger partial charge in [-0.1, -0.05) is 42.0 Å². The highest BCUT2D eigenvalue weighted by Gasteiger charge is 2.37. The number of nitrogens with zero attached hydrogens (tertiary/aromatic N) is 2. The number of Topliss-reactive ketones (excluding diaryl/α,β-unsaturated/α-hetero) is 1. The maximum atomic E-state index is 12.5. The van der Waals surface area contributed by atoms with Gasteiger partial charge < -0.3 is 9.47 Å². The van der Waals surface area contributed by atoms with Gasteiger partial charge in [0.2, 0.25) is 5.91 Å². The van der Waals surface area contributed by atoms with Gasteiger partial charge in [-0.05, 0) is 19.1 Å². The third-order valence-corrected chi connectivity index (χ3v) is 6.13. The van der Waals surface area contributed by atoms with Crippen LogP contribution >= 0.6 is 11.3 Å². The van der Waals surface area contributed by atoms with Gasteiger partial charge in [0.05, 0.1) is 18.7 Å². The molecule has 1 aliphatic rings. The normalized spacial score (nSPS) is 15.6. The Kier molecular flexibility index (Phi) is 6.32. The summed E-state index contributed by atoms with van der Waals surface area (Å²) in [5.74, 6) is -0.925. The maximum absolute atomic E-state index is 12.5. The Balaban J connectivity index is 1.37. The summed E-state index contributed by atoms with van der Waals surface area (Å²) in [5, 5.41) is 2.39. The number of carbonyl (C=O) groups excluding carboxylic acids is 3. The smallest absolute Gasteiger partial charge is 0.311 e. The number of benzene rings is 2. The first-order valence-corrected chi connectivity index (χ1v) is 11.0. The van der Waals surface area contributed by atoms with Crippen LogP contribution in [0.3, 0.4) is 0 Å². The third kappa shape index (κ3) is 4.70. The van der Waals surface area contributed by atoms with Gasteiger partial charge in [-0.2, -0.15) is 0 Å². The standard InChI is InChI=1S/C24H22N2O5S/c1-15-6-8-16(9-7-15)21(27)13-31-23(29)18-11-22(28)26(12-18)24-25-20(14-32-24)17-4-3-5-19(10-17)30-2/h3-10,14,18H,11-13H2,1-2H3. The number of anilines is 1. The van der Waals surface area contributed by atoms with Crippen LogP contribution in [-0.4, -0.2) is 42.9 Å². The summed E-state index contributed by atoms with van der Waals surface area (Å²) in [6.45, 7) is 1.77. The fourth-order valence-corrected chi connectivity index (χ4v) is 4.29. The number of aromatic nitrogens is 1. The average molecular weight is 451 g/mol. The molecule has 4 rings (SSSR count). The first-order valence-electron chi connectivity index (χ1n) is 10.1. The van der Waals surface area contributed by atoms with E-state index in [4.69, 9.17) is 9.47 Å².